The molecule has 0 bridgehead atoms. The molecule has 0 aliphatic carbocycles. The molecule has 2 atom stereocenters. The maximum atomic E-state index is 12.0. The van der Waals surface area contributed by atoms with E-state index >= 15 is 0 Å². The molecule has 0 saturated carbocycles. The van der Waals surface area contributed by atoms with Gasteiger partial charge in [0.1, 0.15) is 0 Å². The maximum absolute atomic E-state index is 12.0. The van der Waals surface area contributed by atoms with E-state index < -0.39 is 0 Å². The Balaban J connectivity index is 2.50. The highest BCUT2D eigenvalue weighted by Crippen LogP contribution is 2.17. The summed E-state index contributed by atoms with van der Waals surface area (Å²) in [5, 5.41) is 3.40. The van der Waals surface area contributed by atoms with Gasteiger partial charge in [-0.3, -0.25) is 10.1 Å². The third-order valence-corrected chi connectivity index (χ3v) is 3.07. The van der Waals surface area contributed by atoms with Gasteiger partial charge in [-0.05, 0) is 19.3 Å². The summed E-state index contributed by atoms with van der Waals surface area (Å²) in [6.07, 6.45) is 4.16. The predicted octanol–water partition coefficient (Wildman–Crippen LogP) is 1.36. The quantitative estimate of drug-likeness (QED) is 0.669. The second kappa shape index (κ2) is 6.86. The van der Waals surface area contributed by atoms with Crippen LogP contribution in [0, 0.1) is 0 Å². The molecular formula is C12H24N2O2. The maximum Gasteiger partial charge on any atom is 0.241 e. The van der Waals surface area contributed by atoms with Crippen molar-refractivity contribution in [3.05, 3.63) is 0 Å². The number of ether oxygens (including phenoxy) is 1. The molecule has 1 heterocycles. The molecule has 4 heteroatoms. The van der Waals surface area contributed by atoms with E-state index in [9.17, 15) is 4.79 Å². The summed E-state index contributed by atoms with van der Waals surface area (Å²) < 4.78 is 5.03. The van der Waals surface area contributed by atoms with E-state index in [1.165, 1.54) is 0 Å². The Morgan fingerprint density at radius 2 is 2.19 bits per heavy atom. The lowest BCUT2D eigenvalue weighted by molar-refractivity contribution is -0.130. The van der Waals surface area contributed by atoms with Crippen LogP contribution in [0.1, 0.15) is 39.5 Å². The number of rotatable bonds is 7. The molecule has 2 unspecified atom stereocenters. The minimum Gasteiger partial charge on any atom is -0.385 e. The fraction of sp³-hybridized carbons (Fsp3) is 0.917. The van der Waals surface area contributed by atoms with Gasteiger partial charge in [-0.15, -0.1) is 0 Å². The summed E-state index contributed by atoms with van der Waals surface area (Å²) >= 11 is 0. The number of nitrogens with zero attached hydrogens (tertiary/aromatic N) is 1. The Morgan fingerprint density at radius 3 is 2.75 bits per heavy atom. The van der Waals surface area contributed by atoms with Crippen LogP contribution >= 0.6 is 0 Å². The SMILES string of the molecule is CCCC1NC(CC)C(=O)N1CCCOC. The van der Waals surface area contributed by atoms with Crippen molar-refractivity contribution < 1.29 is 9.53 Å². The normalized spacial score (nSPS) is 25.4. The Morgan fingerprint density at radius 1 is 1.44 bits per heavy atom. The number of nitrogens with one attached hydrogen (secondary N) is 1. The first-order chi connectivity index (χ1) is 7.74. The van der Waals surface area contributed by atoms with E-state index in [4.69, 9.17) is 4.74 Å². The van der Waals surface area contributed by atoms with E-state index in [0.717, 1.165) is 38.8 Å². The number of amides is 1. The van der Waals surface area contributed by atoms with Crippen LogP contribution in [0.4, 0.5) is 0 Å². The smallest absolute Gasteiger partial charge is 0.241 e. The van der Waals surface area contributed by atoms with Gasteiger partial charge >= 0.3 is 0 Å². The molecule has 0 aromatic heterocycles. The van der Waals surface area contributed by atoms with Crippen LogP contribution in [0.15, 0.2) is 0 Å². The monoisotopic (exact) mass is 228 g/mol. The zero-order chi connectivity index (χ0) is 12.0. The summed E-state index contributed by atoms with van der Waals surface area (Å²) in [7, 11) is 1.70. The highest BCUT2D eigenvalue weighted by atomic mass is 16.5. The average Bonchev–Trinajstić information content (AvgIpc) is 2.58. The Bertz CT molecular complexity index is 221. The molecule has 0 radical (unpaired) electrons. The van der Waals surface area contributed by atoms with Crippen molar-refractivity contribution in [3.63, 3.8) is 0 Å². The van der Waals surface area contributed by atoms with Crippen LogP contribution in [0.25, 0.3) is 0 Å². The topological polar surface area (TPSA) is 41.6 Å². The van der Waals surface area contributed by atoms with Crippen LogP contribution in [-0.2, 0) is 9.53 Å². The lowest BCUT2D eigenvalue weighted by Gasteiger charge is -2.23. The Kier molecular flexibility index (Phi) is 5.77. The predicted molar refractivity (Wildman–Crippen MR) is 64.1 cm³/mol. The van der Waals surface area contributed by atoms with Crippen LogP contribution in [0.5, 0.6) is 0 Å². The van der Waals surface area contributed by atoms with Crippen LogP contribution < -0.4 is 5.32 Å². The second-order valence-electron chi connectivity index (χ2n) is 4.31. The molecule has 1 fully saturated rings. The second-order valence-corrected chi connectivity index (χ2v) is 4.31. The van der Waals surface area contributed by atoms with Crippen molar-refractivity contribution in [3.8, 4) is 0 Å². The molecule has 0 aromatic rings. The Hall–Kier alpha value is -0.610. The van der Waals surface area contributed by atoms with Crippen LogP contribution in [0.3, 0.4) is 0 Å². The molecular weight excluding hydrogens is 204 g/mol. The summed E-state index contributed by atoms with van der Waals surface area (Å²) in [5.74, 6) is 0.261. The van der Waals surface area contributed by atoms with E-state index in [1.807, 2.05) is 4.90 Å². The number of methoxy groups -OCH3 is 1. The van der Waals surface area contributed by atoms with E-state index in [0.29, 0.717) is 0 Å². The number of carbonyl (C=O) groups is 1. The highest BCUT2D eigenvalue weighted by Gasteiger charge is 2.36. The van der Waals surface area contributed by atoms with Gasteiger partial charge in [0.15, 0.2) is 0 Å². The molecule has 1 aliphatic rings. The molecule has 0 aromatic carbocycles. The van der Waals surface area contributed by atoms with Crippen molar-refractivity contribution in [1.82, 2.24) is 10.2 Å². The standard InChI is InChI=1S/C12H24N2O2/c1-4-7-11-13-10(5-2)12(15)14(11)8-6-9-16-3/h10-11,13H,4-9H2,1-3H3. The van der Waals surface area contributed by atoms with Crippen molar-refractivity contribution in [2.45, 2.75) is 51.7 Å². The van der Waals surface area contributed by atoms with Crippen LogP contribution in [0.2, 0.25) is 0 Å². The average molecular weight is 228 g/mol. The van der Waals surface area contributed by atoms with E-state index in [-0.39, 0.29) is 18.1 Å². The summed E-state index contributed by atoms with van der Waals surface area (Å²) in [5.41, 5.74) is 0. The number of carbonyl (C=O) groups excluding carboxylic acids is 1. The fourth-order valence-corrected chi connectivity index (χ4v) is 2.20. The van der Waals surface area contributed by atoms with Gasteiger partial charge in [0.25, 0.3) is 0 Å². The molecule has 1 rings (SSSR count). The van der Waals surface area contributed by atoms with Crippen LogP contribution in [-0.4, -0.2) is 43.3 Å². The van der Waals surface area contributed by atoms with Gasteiger partial charge in [-0.1, -0.05) is 20.3 Å². The molecule has 1 saturated heterocycles. The number of hydrogen-bond acceptors (Lipinski definition) is 3. The van der Waals surface area contributed by atoms with Crippen molar-refractivity contribution in [2.24, 2.45) is 0 Å². The fourth-order valence-electron chi connectivity index (χ4n) is 2.20. The van der Waals surface area contributed by atoms with Crippen molar-refractivity contribution in [2.75, 3.05) is 20.3 Å². The zero-order valence-corrected chi connectivity index (χ0v) is 10.7. The third-order valence-electron chi connectivity index (χ3n) is 3.07. The molecule has 1 amide bonds. The first kappa shape index (κ1) is 13.5. The Labute approximate surface area is 98.3 Å². The largest absolute Gasteiger partial charge is 0.385 e. The lowest BCUT2D eigenvalue weighted by atomic mass is 10.2. The van der Waals surface area contributed by atoms with Gasteiger partial charge in [0.05, 0.1) is 12.2 Å². The number of hydrogen-bond donors (Lipinski definition) is 1. The van der Waals surface area contributed by atoms with Gasteiger partial charge in [-0.2, -0.15) is 0 Å². The molecule has 1 aliphatic heterocycles. The molecule has 4 nitrogen and oxygen atoms in total. The van der Waals surface area contributed by atoms with Crippen molar-refractivity contribution >= 4 is 5.91 Å². The third kappa shape index (κ3) is 3.19. The minimum absolute atomic E-state index is 0.0269. The van der Waals surface area contributed by atoms with Gasteiger partial charge in [0, 0.05) is 20.3 Å². The first-order valence-electron chi connectivity index (χ1n) is 6.30. The van der Waals surface area contributed by atoms with E-state index in [1.54, 1.807) is 7.11 Å². The molecule has 1 N–H and O–H groups in total. The highest BCUT2D eigenvalue weighted by molar-refractivity contribution is 5.84. The van der Waals surface area contributed by atoms with Gasteiger partial charge < -0.3 is 9.64 Å². The lowest BCUT2D eigenvalue weighted by Crippen LogP contribution is -2.38. The van der Waals surface area contributed by atoms with Crippen molar-refractivity contribution in [1.29, 1.82) is 0 Å². The minimum atomic E-state index is 0.0269. The molecule has 94 valence electrons. The zero-order valence-electron chi connectivity index (χ0n) is 10.7. The molecule has 16 heavy (non-hydrogen) atoms. The molecule has 0 spiro atoms. The first-order valence-corrected chi connectivity index (χ1v) is 6.30. The summed E-state index contributed by atoms with van der Waals surface area (Å²) in [4.78, 5) is 14.0. The summed E-state index contributed by atoms with van der Waals surface area (Å²) in [6.45, 7) is 5.73. The summed E-state index contributed by atoms with van der Waals surface area (Å²) in [6, 6.07) is 0.0269. The van der Waals surface area contributed by atoms with Gasteiger partial charge in [-0.25, -0.2) is 0 Å². The van der Waals surface area contributed by atoms with Gasteiger partial charge in [0.2, 0.25) is 5.91 Å². The van der Waals surface area contributed by atoms with E-state index in [2.05, 4.69) is 19.2 Å².